The second-order valence-corrected chi connectivity index (χ2v) is 6.84. The van der Waals surface area contributed by atoms with Crippen molar-refractivity contribution in [1.29, 1.82) is 0 Å². The van der Waals surface area contributed by atoms with Crippen molar-refractivity contribution in [2.75, 3.05) is 0 Å². The molecular weight excluding hydrogens is 367 g/mol. The van der Waals surface area contributed by atoms with Gasteiger partial charge >= 0.3 is 0 Å². The Hall–Kier alpha value is -2.62. The first-order chi connectivity index (χ1) is 12.6. The van der Waals surface area contributed by atoms with Gasteiger partial charge in [0.15, 0.2) is 0 Å². The highest BCUT2D eigenvalue weighted by Crippen LogP contribution is 2.31. The van der Waals surface area contributed by atoms with E-state index in [1.165, 1.54) is 4.57 Å². The minimum Gasteiger partial charge on any atom is -0.268 e. The number of rotatable bonds is 2. The maximum atomic E-state index is 13.3. The van der Waals surface area contributed by atoms with Crippen molar-refractivity contribution in [3.63, 3.8) is 0 Å². The van der Waals surface area contributed by atoms with Gasteiger partial charge in [-0.1, -0.05) is 71.2 Å². The molecule has 0 bridgehead atoms. The van der Waals surface area contributed by atoms with E-state index in [1.54, 1.807) is 24.3 Å². The number of aryl methyl sites for hydroxylation is 1. The topological polar surface area (TPSA) is 34.9 Å². The molecule has 0 spiro atoms. The fraction of sp³-hybridized carbons (Fsp3) is 0.0476. The highest BCUT2D eigenvalue weighted by molar-refractivity contribution is 6.37. The molecule has 0 aliphatic rings. The molecule has 0 amide bonds. The normalized spacial score (nSPS) is 11.0. The van der Waals surface area contributed by atoms with Gasteiger partial charge in [-0.15, -0.1) is 0 Å². The zero-order valence-corrected chi connectivity index (χ0v) is 15.4. The number of aromatic nitrogens is 2. The van der Waals surface area contributed by atoms with Crippen molar-refractivity contribution in [1.82, 2.24) is 9.55 Å². The Kier molecular flexibility index (Phi) is 4.27. The van der Waals surface area contributed by atoms with Gasteiger partial charge in [0, 0.05) is 5.56 Å². The summed E-state index contributed by atoms with van der Waals surface area (Å²) in [5, 5.41) is 1.30. The van der Waals surface area contributed by atoms with Gasteiger partial charge in [-0.05, 0) is 31.2 Å². The van der Waals surface area contributed by atoms with Gasteiger partial charge in [0.25, 0.3) is 5.56 Å². The molecule has 0 saturated heterocycles. The van der Waals surface area contributed by atoms with Crippen LogP contribution in [0.5, 0.6) is 0 Å². The third-order valence-corrected chi connectivity index (χ3v) is 4.86. The molecule has 0 N–H and O–H groups in total. The summed E-state index contributed by atoms with van der Waals surface area (Å²) in [6, 6.07) is 20.3. The summed E-state index contributed by atoms with van der Waals surface area (Å²) < 4.78 is 1.50. The molecule has 1 aromatic heterocycles. The third-order valence-electron chi connectivity index (χ3n) is 4.25. The first kappa shape index (κ1) is 16.8. The van der Waals surface area contributed by atoms with Gasteiger partial charge in [0.1, 0.15) is 5.82 Å². The molecule has 0 saturated carbocycles. The standard InChI is InChI=1S/C21H14Cl2N2O/c1-13-9-11-14(12-10-13)20-24-18-8-3-2-5-15(18)21(26)25(20)19-16(22)6-4-7-17(19)23/h2-12H,1H3. The molecular formula is C21H14Cl2N2O. The van der Waals surface area contributed by atoms with Gasteiger partial charge in [-0.3, -0.25) is 9.36 Å². The Morgan fingerprint density at radius 2 is 1.50 bits per heavy atom. The van der Waals surface area contributed by atoms with Crippen LogP contribution in [-0.2, 0) is 0 Å². The summed E-state index contributed by atoms with van der Waals surface area (Å²) in [6.07, 6.45) is 0. The highest BCUT2D eigenvalue weighted by atomic mass is 35.5. The number of hydrogen-bond acceptors (Lipinski definition) is 2. The smallest absolute Gasteiger partial charge is 0.266 e. The molecule has 4 rings (SSSR count). The molecule has 0 radical (unpaired) electrons. The van der Waals surface area contributed by atoms with E-state index in [4.69, 9.17) is 28.2 Å². The van der Waals surface area contributed by atoms with Crippen LogP contribution in [0.2, 0.25) is 10.0 Å². The van der Waals surface area contributed by atoms with Crippen LogP contribution in [-0.4, -0.2) is 9.55 Å². The molecule has 0 aliphatic carbocycles. The molecule has 4 aromatic rings. The van der Waals surface area contributed by atoms with Crippen LogP contribution in [0.15, 0.2) is 71.5 Å². The number of nitrogens with zero attached hydrogens (tertiary/aromatic N) is 2. The maximum absolute atomic E-state index is 13.3. The second kappa shape index (κ2) is 6.60. The number of halogens is 2. The number of fused-ring (bicyclic) bond motifs is 1. The number of para-hydroxylation sites is 2. The van der Waals surface area contributed by atoms with E-state index in [1.807, 2.05) is 49.4 Å². The van der Waals surface area contributed by atoms with Gasteiger partial charge in [0.2, 0.25) is 0 Å². The average Bonchev–Trinajstić information content (AvgIpc) is 2.64. The van der Waals surface area contributed by atoms with Gasteiger partial charge in [-0.2, -0.15) is 0 Å². The van der Waals surface area contributed by atoms with Crippen LogP contribution in [0.1, 0.15) is 5.56 Å². The largest absolute Gasteiger partial charge is 0.268 e. The average molecular weight is 381 g/mol. The van der Waals surface area contributed by atoms with Gasteiger partial charge in [0.05, 0.1) is 26.6 Å². The molecule has 1 heterocycles. The fourth-order valence-corrected chi connectivity index (χ4v) is 3.51. The Balaban J connectivity index is 2.16. The van der Waals surface area contributed by atoms with Crippen LogP contribution in [0.3, 0.4) is 0 Å². The van der Waals surface area contributed by atoms with Crippen molar-refractivity contribution in [2.45, 2.75) is 6.92 Å². The summed E-state index contributed by atoms with van der Waals surface area (Å²) in [5.74, 6) is 0.503. The lowest BCUT2D eigenvalue weighted by Gasteiger charge is -2.16. The lowest BCUT2D eigenvalue weighted by Crippen LogP contribution is -2.22. The van der Waals surface area contributed by atoms with E-state index in [0.717, 1.165) is 11.1 Å². The predicted molar refractivity (Wildman–Crippen MR) is 108 cm³/mol. The summed E-state index contributed by atoms with van der Waals surface area (Å²) in [6.45, 7) is 2.01. The quantitative estimate of drug-likeness (QED) is 0.449. The first-order valence-electron chi connectivity index (χ1n) is 8.09. The Labute approximate surface area is 160 Å². The molecule has 3 nitrogen and oxygen atoms in total. The highest BCUT2D eigenvalue weighted by Gasteiger charge is 2.18. The molecule has 0 fully saturated rings. The fourth-order valence-electron chi connectivity index (χ4n) is 2.94. The van der Waals surface area contributed by atoms with Crippen molar-refractivity contribution in [3.8, 4) is 17.1 Å². The molecule has 128 valence electrons. The Morgan fingerprint density at radius 3 is 2.19 bits per heavy atom. The Morgan fingerprint density at radius 1 is 0.846 bits per heavy atom. The van der Waals surface area contributed by atoms with Crippen LogP contribution >= 0.6 is 23.2 Å². The SMILES string of the molecule is Cc1ccc(-c2nc3ccccc3c(=O)n2-c2c(Cl)cccc2Cl)cc1. The lowest BCUT2D eigenvalue weighted by atomic mass is 10.1. The van der Waals surface area contributed by atoms with Crippen LogP contribution < -0.4 is 5.56 Å². The van der Waals surface area contributed by atoms with E-state index in [0.29, 0.717) is 32.5 Å². The number of benzene rings is 3. The van der Waals surface area contributed by atoms with Gasteiger partial charge in [-0.25, -0.2) is 4.98 Å². The molecule has 26 heavy (non-hydrogen) atoms. The van der Waals surface area contributed by atoms with Crippen molar-refractivity contribution in [3.05, 3.63) is 92.7 Å². The van der Waals surface area contributed by atoms with Crippen LogP contribution in [0.4, 0.5) is 0 Å². The zero-order chi connectivity index (χ0) is 18.3. The van der Waals surface area contributed by atoms with E-state index in [2.05, 4.69) is 0 Å². The minimum atomic E-state index is -0.207. The molecule has 0 atom stereocenters. The van der Waals surface area contributed by atoms with E-state index < -0.39 is 0 Å². The number of hydrogen-bond donors (Lipinski definition) is 0. The maximum Gasteiger partial charge on any atom is 0.266 e. The summed E-state index contributed by atoms with van der Waals surface area (Å²) in [7, 11) is 0. The molecule has 5 heteroatoms. The summed E-state index contributed by atoms with van der Waals surface area (Å²) >= 11 is 12.8. The van der Waals surface area contributed by atoms with Crippen molar-refractivity contribution < 1.29 is 0 Å². The summed E-state index contributed by atoms with van der Waals surface area (Å²) in [5.41, 5.74) is 2.80. The van der Waals surface area contributed by atoms with Crippen LogP contribution in [0.25, 0.3) is 28.0 Å². The Bertz CT molecular complexity index is 1160. The van der Waals surface area contributed by atoms with E-state index in [9.17, 15) is 4.79 Å². The third kappa shape index (κ3) is 2.79. The van der Waals surface area contributed by atoms with Crippen LogP contribution in [0, 0.1) is 6.92 Å². The lowest BCUT2D eigenvalue weighted by molar-refractivity contribution is 0.976. The van der Waals surface area contributed by atoms with Crippen molar-refractivity contribution >= 4 is 34.1 Å². The second-order valence-electron chi connectivity index (χ2n) is 6.03. The molecule has 3 aromatic carbocycles. The van der Waals surface area contributed by atoms with E-state index in [-0.39, 0.29) is 5.56 Å². The zero-order valence-electron chi connectivity index (χ0n) is 13.9. The summed E-state index contributed by atoms with van der Waals surface area (Å²) in [4.78, 5) is 18.0. The molecule has 0 unspecified atom stereocenters. The minimum absolute atomic E-state index is 0.207. The van der Waals surface area contributed by atoms with Gasteiger partial charge < -0.3 is 0 Å². The van der Waals surface area contributed by atoms with Crippen molar-refractivity contribution in [2.24, 2.45) is 0 Å². The first-order valence-corrected chi connectivity index (χ1v) is 8.85. The monoisotopic (exact) mass is 380 g/mol. The predicted octanol–water partition coefficient (Wildman–Crippen LogP) is 5.67. The molecule has 0 aliphatic heterocycles. The van der Waals surface area contributed by atoms with E-state index >= 15 is 0 Å².